The van der Waals surface area contributed by atoms with Gasteiger partial charge in [0.1, 0.15) is 5.75 Å². The molecule has 0 aliphatic carbocycles. The smallest absolute Gasteiger partial charge is 0.257 e. The van der Waals surface area contributed by atoms with E-state index in [9.17, 15) is 9.90 Å². The zero-order valence-electron chi connectivity index (χ0n) is 8.83. The monoisotopic (exact) mass is 271 g/mol. The van der Waals surface area contributed by atoms with Gasteiger partial charge in [-0.1, -0.05) is 15.9 Å². The molecule has 0 fully saturated rings. The molecule has 1 aromatic rings. The maximum Gasteiger partial charge on any atom is 0.257 e. The van der Waals surface area contributed by atoms with Crippen molar-refractivity contribution in [3.05, 3.63) is 28.2 Å². The first kappa shape index (κ1) is 12.0. The van der Waals surface area contributed by atoms with E-state index in [-0.39, 0.29) is 11.7 Å². The van der Waals surface area contributed by atoms with Crippen molar-refractivity contribution in [1.29, 1.82) is 0 Å². The number of phenols is 1. The van der Waals surface area contributed by atoms with E-state index >= 15 is 0 Å². The van der Waals surface area contributed by atoms with Gasteiger partial charge in [-0.05, 0) is 32.0 Å². The quantitative estimate of drug-likeness (QED) is 0.918. The van der Waals surface area contributed by atoms with E-state index in [2.05, 4.69) is 15.9 Å². The predicted octanol–water partition coefficient (Wildman–Crippen LogP) is 2.64. The van der Waals surface area contributed by atoms with Gasteiger partial charge in [-0.15, -0.1) is 0 Å². The van der Waals surface area contributed by atoms with Crippen molar-refractivity contribution < 1.29 is 9.90 Å². The van der Waals surface area contributed by atoms with Gasteiger partial charge >= 0.3 is 0 Å². The van der Waals surface area contributed by atoms with Crippen molar-refractivity contribution in [1.82, 2.24) is 4.90 Å². The number of amides is 1. The Morgan fingerprint density at radius 1 is 1.40 bits per heavy atom. The average Bonchev–Trinajstić information content (AvgIpc) is 2.23. The first-order chi connectivity index (χ1) is 7.10. The van der Waals surface area contributed by atoms with E-state index in [1.807, 2.05) is 13.8 Å². The molecular formula is C11H14BrNO2. The molecule has 0 atom stereocenters. The van der Waals surface area contributed by atoms with E-state index in [0.29, 0.717) is 18.7 Å². The van der Waals surface area contributed by atoms with Crippen LogP contribution in [-0.2, 0) is 0 Å². The number of carbonyl (C=O) groups excluding carboxylic acids is 1. The highest BCUT2D eigenvalue weighted by molar-refractivity contribution is 9.10. The van der Waals surface area contributed by atoms with Gasteiger partial charge in [0.25, 0.3) is 5.91 Å². The predicted molar refractivity (Wildman–Crippen MR) is 63.1 cm³/mol. The Hall–Kier alpha value is -1.03. The van der Waals surface area contributed by atoms with Crippen molar-refractivity contribution in [2.24, 2.45) is 0 Å². The van der Waals surface area contributed by atoms with E-state index in [1.54, 1.807) is 17.0 Å². The third kappa shape index (κ3) is 2.72. The Morgan fingerprint density at radius 2 is 2.00 bits per heavy atom. The average molecular weight is 272 g/mol. The van der Waals surface area contributed by atoms with Crippen LogP contribution >= 0.6 is 15.9 Å². The lowest BCUT2D eigenvalue weighted by molar-refractivity contribution is 0.0770. The minimum absolute atomic E-state index is 0.0232. The summed E-state index contributed by atoms with van der Waals surface area (Å²) < 4.78 is 0.788. The van der Waals surface area contributed by atoms with E-state index in [0.717, 1.165) is 4.47 Å². The third-order valence-corrected chi connectivity index (χ3v) is 2.73. The number of carbonyl (C=O) groups is 1. The number of hydrogen-bond acceptors (Lipinski definition) is 2. The Bertz CT molecular complexity index is 362. The Kier molecular flexibility index (Phi) is 4.15. The summed E-state index contributed by atoms with van der Waals surface area (Å²) in [6.07, 6.45) is 0. The van der Waals surface area contributed by atoms with Crippen LogP contribution in [0.5, 0.6) is 5.75 Å². The molecule has 0 saturated carbocycles. The Balaban J connectivity index is 3.04. The van der Waals surface area contributed by atoms with Gasteiger partial charge < -0.3 is 10.0 Å². The summed E-state index contributed by atoms with van der Waals surface area (Å²) in [7, 11) is 0. The molecule has 0 aliphatic heterocycles. The fourth-order valence-corrected chi connectivity index (χ4v) is 1.72. The minimum Gasteiger partial charge on any atom is -0.507 e. The zero-order valence-corrected chi connectivity index (χ0v) is 10.4. The highest BCUT2D eigenvalue weighted by Gasteiger charge is 2.16. The number of phenolic OH excluding ortho intramolecular Hbond substituents is 1. The SMILES string of the molecule is CCN(CC)C(=O)c1cc(Br)ccc1O. The second-order valence-electron chi connectivity index (χ2n) is 3.14. The molecule has 82 valence electrons. The largest absolute Gasteiger partial charge is 0.507 e. The maximum absolute atomic E-state index is 11.9. The summed E-state index contributed by atoms with van der Waals surface area (Å²) in [6.45, 7) is 5.11. The van der Waals surface area contributed by atoms with Crippen LogP contribution in [0.4, 0.5) is 0 Å². The summed E-state index contributed by atoms with van der Waals surface area (Å²) in [5.41, 5.74) is 0.341. The second-order valence-corrected chi connectivity index (χ2v) is 4.05. The first-order valence-electron chi connectivity index (χ1n) is 4.88. The minimum atomic E-state index is -0.140. The number of rotatable bonds is 3. The fourth-order valence-electron chi connectivity index (χ4n) is 1.36. The van der Waals surface area contributed by atoms with Gasteiger partial charge in [-0.2, -0.15) is 0 Å². The molecule has 3 nitrogen and oxygen atoms in total. The van der Waals surface area contributed by atoms with Crippen LogP contribution in [-0.4, -0.2) is 29.0 Å². The molecule has 0 aromatic heterocycles. The highest BCUT2D eigenvalue weighted by Crippen LogP contribution is 2.23. The summed E-state index contributed by atoms with van der Waals surface area (Å²) in [5.74, 6) is -0.117. The van der Waals surface area contributed by atoms with Gasteiger partial charge in [-0.3, -0.25) is 4.79 Å². The molecule has 0 aliphatic rings. The third-order valence-electron chi connectivity index (χ3n) is 2.24. The summed E-state index contributed by atoms with van der Waals surface area (Å²) >= 11 is 3.28. The molecule has 1 amide bonds. The van der Waals surface area contributed by atoms with Crippen LogP contribution in [0.15, 0.2) is 22.7 Å². The maximum atomic E-state index is 11.9. The molecule has 0 heterocycles. The Labute approximate surface area is 97.8 Å². The topological polar surface area (TPSA) is 40.5 Å². The lowest BCUT2D eigenvalue weighted by atomic mass is 10.1. The molecule has 0 spiro atoms. The molecule has 0 unspecified atom stereocenters. The van der Waals surface area contributed by atoms with Crippen molar-refractivity contribution in [3.63, 3.8) is 0 Å². The van der Waals surface area contributed by atoms with Gasteiger partial charge in [0.2, 0.25) is 0 Å². The van der Waals surface area contributed by atoms with Gasteiger partial charge in [-0.25, -0.2) is 0 Å². The van der Waals surface area contributed by atoms with Crippen LogP contribution in [0.25, 0.3) is 0 Å². The number of hydrogen-bond donors (Lipinski definition) is 1. The Morgan fingerprint density at radius 3 is 2.53 bits per heavy atom. The molecule has 1 N–H and O–H groups in total. The first-order valence-corrected chi connectivity index (χ1v) is 5.67. The molecular weight excluding hydrogens is 258 g/mol. The van der Waals surface area contributed by atoms with E-state index < -0.39 is 0 Å². The van der Waals surface area contributed by atoms with Crippen molar-refractivity contribution in [2.45, 2.75) is 13.8 Å². The molecule has 0 bridgehead atoms. The van der Waals surface area contributed by atoms with Gasteiger partial charge in [0.05, 0.1) is 5.56 Å². The highest BCUT2D eigenvalue weighted by atomic mass is 79.9. The van der Waals surface area contributed by atoms with Crippen molar-refractivity contribution in [3.8, 4) is 5.75 Å². The van der Waals surface area contributed by atoms with E-state index in [1.165, 1.54) is 6.07 Å². The lowest BCUT2D eigenvalue weighted by Crippen LogP contribution is -2.30. The standard InChI is InChI=1S/C11H14BrNO2/c1-3-13(4-2)11(15)9-7-8(12)5-6-10(9)14/h5-7,14H,3-4H2,1-2H3. The number of halogens is 1. The number of nitrogens with zero attached hydrogens (tertiary/aromatic N) is 1. The second kappa shape index (κ2) is 5.16. The molecule has 0 radical (unpaired) electrons. The summed E-state index contributed by atoms with van der Waals surface area (Å²) in [5, 5.41) is 9.58. The molecule has 15 heavy (non-hydrogen) atoms. The number of aromatic hydroxyl groups is 1. The van der Waals surface area contributed by atoms with Crippen LogP contribution < -0.4 is 0 Å². The van der Waals surface area contributed by atoms with Crippen LogP contribution in [0.1, 0.15) is 24.2 Å². The van der Waals surface area contributed by atoms with Crippen molar-refractivity contribution in [2.75, 3.05) is 13.1 Å². The van der Waals surface area contributed by atoms with Gasteiger partial charge in [0, 0.05) is 17.6 Å². The molecule has 4 heteroatoms. The van der Waals surface area contributed by atoms with Gasteiger partial charge in [0.15, 0.2) is 0 Å². The fraction of sp³-hybridized carbons (Fsp3) is 0.364. The lowest BCUT2D eigenvalue weighted by Gasteiger charge is -2.19. The van der Waals surface area contributed by atoms with Crippen LogP contribution in [0, 0.1) is 0 Å². The molecule has 1 aromatic carbocycles. The normalized spacial score (nSPS) is 10.1. The molecule has 1 rings (SSSR count). The molecule has 0 saturated heterocycles. The van der Waals surface area contributed by atoms with E-state index in [4.69, 9.17) is 0 Å². The van der Waals surface area contributed by atoms with Crippen LogP contribution in [0.2, 0.25) is 0 Å². The zero-order chi connectivity index (χ0) is 11.4. The summed E-state index contributed by atoms with van der Waals surface area (Å²) in [6, 6.07) is 4.85. The number of benzene rings is 1. The summed E-state index contributed by atoms with van der Waals surface area (Å²) in [4.78, 5) is 13.6. The van der Waals surface area contributed by atoms with Crippen LogP contribution in [0.3, 0.4) is 0 Å². The van der Waals surface area contributed by atoms with Crippen molar-refractivity contribution >= 4 is 21.8 Å².